The van der Waals surface area contributed by atoms with Gasteiger partial charge in [-0.2, -0.15) is 0 Å². The molecule has 1 N–H and O–H groups in total. The molecule has 0 heterocycles. The molecule has 4 aromatic rings. The molecule has 4 rings (SSSR count). The van der Waals surface area contributed by atoms with Crippen LogP contribution in [0, 0.1) is 6.92 Å². The van der Waals surface area contributed by atoms with E-state index in [0.29, 0.717) is 35.1 Å². The Kier molecular flexibility index (Phi) is 6.90. The maximum Gasteiger partial charge on any atom is 0.255 e. The van der Waals surface area contributed by atoms with Crippen molar-refractivity contribution in [2.75, 3.05) is 12.4 Å². The molecule has 0 saturated carbocycles. The molecule has 0 fully saturated rings. The molecule has 5 nitrogen and oxygen atoms in total. The van der Waals surface area contributed by atoms with Gasteiger partial charge < -0.3 is 19.5 Å². The summed E-state index contributed by atoms with van der Waals surface area (Å²) in [6.45, 7) is 2.43. The molecule has 33 heavy (non-hydrogen) atoms. The van der Waals surface area contributed by atoms with E-state index in [1.807, 2.05) is 73.7 Å². The van der Waals surface area contributed by atoms with Crippen LogP contribution in [0.2, 0.25) is 0 Å². The molecular formula is C28H25NO4. The Bertz CT molecular complexity index is 1220. The smallest absolute Gasteiger partial charge is 0.255 e. The minimum absolute atomic E-state index is 0.240. The van der Waals surface area contributed by atoms with Crippen molar-refractivity contribution in [1.29, 1.82) is 0 Å². The van der Waals surface area contributed by atoms with Crippen LogP contribution in [0.3, 0.4) is 0 Å². The topological polar surface area (TPSA) is 56.8 Å². The molecule has 1 amide bonds. The number of methoxy groups -OCH3 is 1. The number of amides is 1. The quantitative estimate of drug-likeness (QED) is 0.335. The fourth-order valence-electron chi connectivity index (χ4n) is 3.29. The first-order valence-corrected chi connectivity index (χ1v) is 10.6. The first-order chi connectivity index (χ1) is 16.1. The molecule has 0 radical (unpaired) electrons. The van der Waals surface area contributed by atoms with Gasteiger partial charge in [0, 0.05) is 11.3 Å². The Balaban J connectivity index is 1.39. The number of ether oxygens (including phenoxy) is 3. The van der Waals surface area contributed by atoms with Gasteiger partial charge in [0.1, 0.15) is 18.1 Å². The Morgan fingerprint density at radius 3 is 2.30 bits per heavy atom. The summed E-state index contributed by atoms with van der Waals surface area (Å²) < 4.78 is 17.2. The number of carbonyl (C=O) groups excluding carboxylic acids is 1. The minimum Gasteiger partial charge on any atom is -0.493 e. The van der Waals surface area contributed by atoms with E-state index in [4.69, 9.17) is 14.2 Å². The molecular weight excluding hydrogens is 414 g/mol. The zero-order chi connectivity index (χ0) is 23.0. The molecule has 166 valence electrons. The summed E-state index contributed by atoms with van der Waals surface area (Å²) in [6.07, 6.45) is 0. The van der Waals surface area contributed by atoms with E-state index >= 15 is 0 Å². The normalized spacial score (nSPS) is 10.4. The van der Waals surface area contributed by atoms with E-state index in [1.54, 1.807) is 37.4 Å². The summed E-state index contributed by atoms with van der Waals surface area (Å²) in [5.74, 6) is 2.31. The summed E-state index contributed by atoms with van der Waals surface area (Å²) >= 11 is 0. The van der Waals surface area contributed by atoms with Crippen LogP contribution in [0.5, 0.6) is 23.0 Å². The number of hydrogen-bond donors (Lipinski definition) is 1. The largest absolute Gasteiger partial charge is 0.493 e. The molecule has 0 spiro atoms. The number of anilines is 1. The highest BCUT2D eigenvalue weighted by Gasteiger charge is 2.12. The first-order valence-electron chi connectivity index (χ1n) is 10.6. The van der Waals surface area contributed by atoms with Crippen molar-refractivity contribution >= 4 is 11.6 Å². The lowest BCUT2D eigenvalue weighted by molar-refractivity contribution is 0.102. The Hall–Kier alpha value is -4.25. The van der Waals surface area contributed by atoms with E-state index in [2.05, 4.69) is 5.32 Å². The standard InChI is InChI=1S/C28H25NO4/c1-20-7-6-10-25(17-20)33-24-14-12-23(13-15-24)29-28(30)22-11-16-26(27(18-22)31-2)32-19-21-8-4-3-5-9-21/h3-18H,19H2,1-2H3,(H,29,30). The Morgan fingerprint density at radius 2 is 1.58 bits per heavy atom. The monoisotopic (exact) mass is 439 g/mol. The van der Waals surface area contributed by atoms with Crippen LogP contribution in [0.15, 0.2) is 97.1 Å². The SMILES string of the molecule is COc1cc(C(=O)Nc2ccc(Oc3cccc(C)c3)cc2)ccc1OCc1ccccc1. The van der Waals surface area contributed by atoms with Gasteiger partial charge >= 0.3 is 0 Å². The van der Waals surface area contributed by atoms with Crippen LogP contribution in [0.25, 0.3) is 0 Å². The van der Waals surface area contributed by atoms with Gasteiger partial charge in [-0.25, -0.2) is 0 Å². The average Bonchev–Trinajstić information content (AvgIpc) is 2.84. The number of aryl methyl sites for hydroxylation is 1. The van der Waals surface area contributed by atoms with E-state index in [9.17, 15) is 4.79 Å². The second-order valence-electron chi connectivity index (χ2n) is 7.54. The number of hydrogen-bond acceptors (Lipinski definition) is 4. The van der Waals surface area contributed by atoms with Crippen LogP contribution in [0.1, 0.15) is 21.5 Å². The molecule has 0 atom stereocenters. The predicted octanol–water partition coefficient (Wildman–Crippen LogP) is 6.63. The second kappa shape index (κ2) is 10.4. The third kappa shape index (κ3) is 5.92. The fourth-order valence-corrected chi connectivity index (χ4v) is 3.29. The summed E-state index contributed by atoms with van der Waals surface area (Å²) in [6, 6.07) is 30.1. The van der Waals surface area contributed by atoms with Crippen molar-refractivity contribution in [2.24, 2.45) is 0 Å². The summed E-state index contributed by atoms with van der Waals surface area (Å²) in [5, 5.41) is 2.90. The fraction of sp³-hybridized carbons (Fsp3) is 0.107. The molecule has 0 aliphatic heterocycles. The lowest BCUT2D eigenvalue weighted by atomic mass is 10.1. The Labute approximate surface area is 193 Å². The van der Waals surface area contributed by atoms with Crippen molar-refractivity contribution in [1.82, 2.24) is 0 Å². The van der Waals surface area contributed by atoms with Crippen LogP contribution in [-0.2, 0) is 6.61 Å². The highest BCUT2D eigenvalue weighted by Crippen LogP contribution is 2.29. The number of carbonyl (C=O) groups is 1. The summed E-state index contributed by atoms with van der Waals surface area (Å²) in [7, 11) is 1.55. The minimum atomic E-state index is -0.240. The van der Waals surface area contributed by atoms with Gasteiger partial charge in [0.2, 0.25) is 0 Å². The van der Waals surface area contributed by atoms with E-state index in [0.717, 1.165) is 16.9 Å². The van der Waals surface area contributed by atoms with Crippen LogP contribution in [-0.4, -0.2) is 13.0 Å². The van der Waals surface area contributed by atoms with Crippen molar-refractivity contribution in [3.8, 4) is 23.0 Å². The van der Waals surface area contributed by atoms with Gasteiger partial charge in [-0.1, -0.05) is 42.5 Å². The van der Waals surface area contributed by atoms with Crippen LogP contribution in [0.4, 0.5) is 5.69 Å². The van der Waals surface area contributed by atoms with Crippen LogP contribution >= 0.6 is 0 Å². The maximum absolute atomic E-state index is 12.7. The number of benzene rings is 4. The van der Waals surface area contributed by atoms with Gasteiger partial charge in [-0.05, 0) is 72.6 Å². The highest BCUT2D eigenvalue weighted by molar-refractivity contribution is 6.04. The zero-order valence-electron chi connectivity index (χ0n) is 18.6. The maximum atomic E-state index is 12.7. The average molecular weight is 440 g/mol. The summed E-state index contributed by atoms with van der Waals surface area (Å²) in [4.78, 5) is 12.7. The van der Waals surface area contributed by atoms with Crippen molar-refractivity contribution < 1.29 is 19.0 Å². The van der Waals surface area contributed by atoms with Gasteiger partial charge in [0.05, 0.1) is 7.11 Å². The molecule has 0 aliphatic rings. The summed E-state index contributed by atoms with van der Waals surface area (Å²) in [5.41, 5.74) is 3.32. The highest BCUT2D eigenvalue weighted by atomic mass is 16.5. The van der Waals surface area contributed by atoms with Gasteiger partial charge in [-0.15, -0.1) is 0 Å². The third-order valence-electron chi connectivity index (χ3n) is 5.00. The first kappa shape index (κ1) is 22.0. The van der Waals surface area contributed by atoms with E-state index in [1.165, 1.54) is 0 Å². The molecule has 0 bridgehead atoms. The Morgan fingerprint density at radius 1 is 0.788 bits per heavy atom. The lowest BCUT2D eigenvalue weighted by Gasteiger charge is -2.13. The molecule has 5 heteroatoms. The van der Waals surface area contributed by atoms with E-state index < -0.39 is 0 Å². The van der Waals surface area contributed by atoms with Crippen molar-refractivity contribution in [3.05, 3.63) is 114 Å². The molecule has 0 aromatic heterocycles. The molecule has 0 unspecified atom stereocenters. The lowest BCUT2D eigenvalue weighted by Crippen LogP contribution is -2.12. The zero-order valence-corrected chi connectivity index (χ0v) is 18.6. The molecule has 4 aromatic carbocycles. The van der Waals surface area contributed by atoms with Gasteiger partial charge in [-0.3, -0.25) is 4.79 Å². The third-order valence-corrected chi connectivity index (χ3v) is 5.00. The van der Waals surface area contributed by atoms with Crippen molar-refractivity contribution in [2.45, 2.75) is 13.5 Å². The molecule has 0 saturated heterocycles. The molecule has 0 aliphatic carbocycles. The second-order valence-corrected chi connectivity index (χ2v) is 7.54. The number of rotatable bonds is 8. The predicted molar refractivity (Wildman–Crippen MR) is 129 cm³/mol. The van der Waals surface area contributed by atoms with Gasteiger partial charge in [0.25, 0.3) is 5.91 Å². The van der Waals surface area contributed by atoms with E-state index in [-0.39, 0.29) is 5.91 Å². The number of nitrogens with one attached hydrogen (secondary N) is 1. The van der Waals surface area contributed by atoms with Crippen molar-refractivity contribution in [3.63, 3.8) is 0 Å². The van der Waals surface area contributed by atoms with Crippen LogP contribution < -0.4 is 19.5 Å². The van der Waals surface area contributed by atoms with Gasteiger partial charge in [0.15, 0.2) is 11.5 Å².